The Balaban J connectivity index is 1.55. The van der Waals surface area contributed by atoms with Gasteiger partial charge < -0.3 is 10.1 Å². The summed E-state index contributed by atoms with van der Waals surface area (Å²) in [6.45, 7) is 3.91. The van der Waals surface area contributed by atoms with E-state index in [2.05, 4.69) is 22.7 Å². The third kappa shape index (κ3) is 3.41. The highest BCUT2D eigenvalue weighted by molar-refractivity contribution is 5.83. The van der Waals surface area contributed by atoms with Gasteiger partial charge in [-0.1, -0.05) is 30.3 Å². The predicted octanol–water partition coefficient (Wildman–Crippen LogP) is 2.12. The highest BCUT2D eigenvalue weighted by Crippen LogP contribution is 2.14. The van der Waals surface area contributed by atoms with E-state index in [0.29, 0.717) is 11.9 Å². The lowest BCUT2D eigenvalue weighted by Crippen LogP contribution is -2.36. The van der Waals surface area contributed by atoms with E-state index in [0.717, 1.165) is 24.3 Å². The molecule has 21 heavy (non-hydrogen) atoms. The Morgan fingerprint density at radius 1 is 1.48 bits per heavy atom. The van der Waals surface area contributed by atoms with Gasteiger partial charge in [0.05, 0.1) is 12.2 Å². The first-order valence-corrected chi connectivity index (χ1v) is 6.98. The molecule has 0 aliphatic carbocycles. The maximum absolute atomic E-state index is 11.8. The molecule has 6 heteroatoms. The van der Waals surface area contributed by atoms with Crippen LogP contribution in [0.25, 0.3) is 0 Å². The molecule has 1 aromatic heterocycles. The van der Waals surface area contributed by atoms with E-state index < -0.39 is 6.09 Å². The summed E-state index contributed by atoms with van der Waals surface area (Å²) in [6.07, 6.45) is -0.490. The third-order valence-electron chi connectivity index (χ3n) is 3.38. The van der Waals surface area contributed by atoms with Gasteiger partial charge in [-0.3, -0.25) is 10.00 Å². The average Bonchev–Trinajstić information content (AvgIpc) is 2.87. The number of ether oxygens (including phenoxy) is 1. The van der Waals surface area contributed by atoms with Crippen LogP contribution >= 0.6 is 0 Å². The van der Waals surface area contributed by atoms with Gasteiger partial charge in [0.25, 0.3) is 0 Å². The van der Waals surface area contributed by atoms with Crippen LogP contribution in [0.2, 0.25) is 0 Å². The summed E-state index contributed by atoms with van der Waals surface area (Å²) in [6, 6.07) is 11.8. The summed E-state index contributed by atoms with van der Waals surface area (Å²) in [5, 5.41) is 10.4. The topological polar surface area (TPSA) is 68.2 Å². The van der Waals surface area contributed by atoms with Crippen molar-refractivity contribution in [1.82, 2.24) is 15.1 Å². The van der Waals surface area contributed by atoms with Crippen LogP contribution in [0.5, 0.6) is 0 Å². The molecular weight excluding hydrogens is 268 g/mol. The molecule has 0 saturated heterocycles. The monoisotopic (exact) mass is 286 g/mol. The quantitative estimate of drug-likeness (QED) is 0.907. The van der Waals surface area contributed by atoms with Crippen LogP contribution in [-0.2, 0) is 24.4 Å². The van der Waals surface area contributed by atoms with Crippen molar-refractivity contribution in [2.45, 2.75) is 32.7 Å². The zero-order chi connectivity index (χ0) is 14.7. The van der Waals surface area contributed by atoms with Gasteiger partial charge in [-0.05, 0) is 12.5 Å². The lowest BCUT2D eigenvalue weighted by Gasteiger charge is -2.20. The predicted molar refractivity (Wildman–Crippen MR) is 78.8 cm³/mol. The van der Waals surface area contributed by atoms with E-state index in [-0.39, 0.29) is 6.61 Å². The first-order chi connectivity index (χ1) is 10.2. The fourth-order valence-corrected chi connectivity index (χ4v) is 2.28. The molecule has 6 nitrogen and oxygen atoms in total. The largest absolute Gasteiger partial charge is 0.444 e. The second kappa shape index (κ2) is 5.97. The van der Waals surface area contributed by atoms with Gasteiger partial charge in [0.1, 0.15) is 6.61 Å². The number of carbonyl (C=O) groups excluding carboxylic acids is 1. The van der Waals surface area contributed by atoms with Gasteiger partial charge in [-0.15, -0.1) is 0 Å². The zero-order valence-corrected chi connectivity index (χ0v) is 11.9. The number of carbonyl (C=O) groups is 1. The van der Waals surface area contributed by atoms with Gasteiger partial charge in [-0.25, -0.2) is 4.79 Å². The van der Waals surface area contributed by atoms with Crippen LogP contribution in [-0.4, -0.2) is 21.9 Å². The van der Waals surface area contributed by atoms with E-state index >= 15 is 0 Å². The highest BCUT2D eigenvalue weighted by Gasteiger charge is 2.17. The summed E-state index contributed by atoms with van der Waals surface area (Å²) in [5.41, 5.74) is 2.02. The maximum atomic E-state index is 11.8. The average molecular weight is 286 g/mol. The molecule has 1 amide bonds. The Morgan fingerprint density at radius 2 is 2.29 bits per heavy atom. The molecule has 1 aromatic carbocycles. The molecule has 0 saturated carbocycles. The molecule has 110 valence electrons. The number of nitrogens with zero attached hydrogens (tertiary/aromatic N) is 2. The Hall–Kier alpha value is -2.34. The van der Waals surface area contributed by atoms with Gasteiger partial charge >= 0.3 is 6.09 Å². The minimum Gasteiger partial charge on any atom is -0.444 e. The summed E-state index contributed by atoms with van der Waals surface area (Å²) in [5.74, 6) is 0.527. The van der Waals surface area contributed by atoms with E-state index in [1.165, 1.54) is 0 Å². The molecule has 1 aliphatic heterocycles. The summed E-state index contributed by atoms with van der Waals surface area (Å²) >= 11 is 0. The van der Waals surface area contributed by atoms with Crippen LogP contribution in [0.4, 0.5) is 10.6 Å². The van der Waals surface area contributed by atoms with Crippen molar-refractivity contribution >= 4 is 11.9 Å². The van der Waals surface area contributed by atoms with Crippen LogP contribution in [0.1, 0.15) is 18.2 Å². The molecule has 0 radical (unpaired) electrons. The minimum atomic E-state index is -0.490. The molecule has 0 fully saturated rings. The van der Waals surface area contributed by atoms with Crippen LogP contribution < -0.4 is 10.6 Å². The van der Waals surface area contributed by atoms with E-state index in [9.17, 15) is 4.79 Å². The molecular formula is C15H18N4O2. The number of amides is 1. The minimum absolute atomic E-state index is 0.249. The number of aromatic nitrogens is 2. The lowest BCUT2D eigenvalue weighted by molar-refractivity contribution is 0.155. The van der Waals surface area contributed by atoms with Crippen molar-refractivity contribution in [1.29, 1.82) is 0 Å². The van der Waals surface area contributed by atoms with E-state index in [4.69, 9.17) is 4.74 Å². The van der Waals surface area contributed by atoms with Gasteiger partial charge in [0.15, 0.2) is 5.82 Å². The Morgan fingerprint density at radius 3 is 3.10 bits per heavy atom. The molecule has 1 aliphatic rings. The summed E-state index contributed by atoms with van der Waals surface area (Å²) in [7, 11) is 0. The summed E-state index contributed by atoms with van der Waals surface area (Å²) < 4.78 is 7.08. The highest BCUT2D eigenvalue weighted by atomic mass is 16.5. The molecule has 1 atom stereocenters. The van der Waals surface area contributed by atoms with Gasteiger partial charge in [0.2, 0.25) is 0 Å². The van der Waals surface area contributed by atoms with E-state index in [1.54, 1.807) is 0 Å². The zero-order valence-electron chi connectivity index (χ0n) is 11.9. The summed E-state index contributed by atoms with van der Waals surface area (Å²) in [4.78, 5) is 11.8. The number of hydrogen-bond donors (Lipinski definition) is 2. The second-order valence-electron chi connectivity index (χ2n) is 5.17. The Bertz CT molecular complexity index is 624. The van der Waals surface area contributed by atoms with Gasteiger partial charge in [-0.2, -0.15) is 5.10 Å². The first-order valence-electron chi connectivity index (χ1n) is 6.98. The van der Waals surface area contributed by atoms with Crippen molar-refractivity contribution in [2.75, 3.05) is 5.32 Å². The van der Waals surface area contributed by atoms with Crippen molar-refractivity contribution in [3.63, 3.8) is 0 Å². The van der Waals surface area contributed by atoms with Crippen molar-refractivity contribution in [3.8, 4) is 0 Å². The smallest absolute Gasteiger partial charge is 0.413 e. The second-order valence-corrected chi connectivity index (χ2v) is 5.17. The number of hydrogen-bond acceptors (Lipinski definition) is 4. The Kier molecular flexibility index (Phi) is 3.87. The van der Waals surface area contributed by atoms with Crippen LogP contribution in [0.3, 0.4) is 0 Å². The number of anilines is 1. The first kappa shape index (κ1) is 13.6. The standard InChI is InChI=1S/C15H18N4O2/c1-11-9-19-13(8-16-11)7-14(18-19)17-15(20)21-10-12-5-3-2-4-6-12/h2-7,11,16H,8-10H2,1H3,(H,17,18,20). The molecule has 2 heterocycles. The normalized spacial score (nSPS) is 17.1. The van der Waals surface area contributed by atoms with Crippen molar-refractivity contribution in [3.05, 3.63) is 47.7 Å². The van der Waals surface area contributed by atoms with Crippen molar-refractivity contribution < 1.29 is 9.53 Å². The number of nitrogens with one attached hydrogen (secondary N) is 2. The lowest BCUT2D eigenvalue weighted by atomic mass is 10.2. The van der Waals surface area contributed by atoms with E-state index in [1.807, 2.05) is 41.1 Å². The SMILES string of the molecule is CC1Cn2nc(NC(=O)OCc3ccccc3)cc2CN1. The fourth-order valence-electron chi connectivity index (χ4n) is 2.28. The third-order valence-corrected chi connectivity index (χ3v) is 3.38. The fraction of sp³-hybridized carbons (Fsp3) is 0.333. The number of rotatable bonds is 3. The van der Waals surface area contributed by atoms with Gasteiger partial charge in [0, 0.05) is 18.7 Å². The molecule has 3 rings (SSSR count). The molecule has 1 unspecified atom stereocenters. The van der Waals surface area contributed by atoms with Crippen LogP contribution in [0, 0.1) is 0 Å². The number of fused-ring (bicyclic) bond motifs is 1. The van der Waals surface area contributed by atoms with Crippen molar-refractivity contribution in [2.24, 2.45) is 0 Å². The maximum Gasteiger partial charge on any atom is 0.413 e. The molecule has 0 bridgehead atoms. The molecule has 2 N–H and O–H groups in total. The van der Waals surface area contributed by atoms with Crippen LogP contribution in [0.15, 0.2) is 36.4 Å². The molecule has 2 aromatic rings. The Labute approximate surface area is 123 Å². The number of benzene rings is 1. The molecule has 0 spiro atoms.